The second kappa shape index (κ2) is 14.4. The van der Waals surface area contributed by atoms with E-state index in [-0.39, 0.29) is 13.2 Å². The van der Waals surface area contributed by atoms with Crippen molar-refractivity contribution in [1.82, 2.24) is 0 Å². The van der Waals surface area contributed by atoms with Gasteiger partial charge in [0.1, 0.15) is 49.4 Å². The molecule has 184 valence electrons. The summed E-state index contributed by atoms with van der Waals surface area (Å²) in [5.74, 6) is 2.54. The van der Waals surface area contributed by atoms with E-state index in [1.807, 2.05) is 52.0 Å². The molecule has 2 rings (SSSR count). The van der Waals surface area contributed by atoms with Gasteiger partial charge in [0.2, 0.25) is 0 Å². The highest BCUT2D eigenvalue weighted by atomic mass is 31.1. The number of rotatable bonds is 14. The van der Waals surface area contributed by atoms with E-state index in [2.05, 4.69) is 0 Å². The quantitative estimate of drug-likeness (QED) is 0.214. The highest BCUT2D eigenvalue weighted by Crippen LogP contribution is 2.31. The molecule has 0 N–H and O–H groups in total. The summed E-state index contributed by atoms with van der Waals surface area (Å²) in [7, 11) is 0.811. The summed E-state index contributed by atoms with van der Waals surface area (Å²) >= 11 is 0. The number of hydrogen-bond donors (Lipinski definition) is 0. The van der Waals surface area contributed by atoms with E-state index >= 15 is 0 Å². The fourth-order valence-electron chi connectivity index (χ4n) is 2.73. The minimum Gasteiger partial charge on any atom is -0.497 e. The molecule has 34 heavy (non-hydrogen) atoms. The molecule has 0 aliphatic carbocycles. The van der Waals surface area contributed by atoms with Crippen LogP contribution in [-0.2, 0) is 26.8 Å². The van der Waals surface area contributed by atoms with Gasteiger partial charge in [0, 0.05) is 16.7 Å². The normalized spacial score (nSPS) is 10.3. The third-order valence-corrected chi connectivity index (χ3v) is 5.19. The van der Waals surface area contributed by atoms with Gasteiger partial charge >= 0.3 is 8.25 Å². The molecule has 2 aromatic carbocycles. The number of methoxy groups -OCH3 is 2. The van der Waals surface area contributed by atoms with E-state index in [0.29, 0.717) is 36.2 Å². The molecule has 2 aromatic rings. The third-order valence-electron chi connectivity index (χ3n) is 4.51. The lowest BCUT2D eigenvalue weighted by atomic mass is 10.2. The molecule has 0 fully saturated rings. The molecule has 0 saturated carbocycles. The topological polar surface area (TPSA) is 72.5 Å². The Morgan fingerprint density at radius 3 is 1.41 bits per heavy atom. The first kappa shape index (κ1) is 27.4. The Bertz CT molecular complexity index is 927. The van der Waals surface area contributed by atoms with Gasteiger partial charge in [0.15, 0.2) is 0 Å². The van der Waals surface area contributed by atoms with Crippen LogP contribution in [0.3, 0.4) is 0 Å². The molecule has 0 atom stereocenters. The first-order chi connectivity index (χ1) is 16.3. The monoisotopic (exact) mass is 489 g/mol. The summed E-state index contributed by atoms with van der Waals surface area (Å²) in [6, 6.07) is 10.8. The number of ether oxygens (including phenoxy) is 4. The van der Waals surface area contributed by atoms with Gasteiger partial charge in [-0.05, 0) is 75.2 Å². The van der Waals surface area contributed by atoms with Gasteiger partial charge in [-0.25, -0.2) is 0 Å². The molecule has 0 unspecified atom stereocenters. The van der Waals surface area contributed by atoms with Crippen molar-refractivity contribution in [1.29, 1.82) is 0 Å². The van der Waals surface area contributed by atoms with Crippen LogP contribution in [0.15, 0.2) is 59.7 Å². The second-order valence-corrected chi connectivity index (χ2v) is 8.95. The zero-order valence-electron chi connectivity index (χ0n) is 20.8. The molecule has 0 aliphatic heterocycles. The Morgan fingerprint density at radius 1 is 0.676 bits per heavy atom. The Kier molecular flexibility index (Phi) is 11.6. The van der Waals surface area contributed by atoms with Crippen LogP contribution in [0.5, 0.6) is 23.0 Å². The molecule has 0 radical (unpaired) electrons. The van der Waals surface area contributed by atoms with Crippen molar-refractivity contribution in [3.8, 4) is 23.0 Å². The van der Waals surface area contributed by atoms with E-state index in [1.54, 1.807) is 38.5 Å². The van der Waals surface area contributed by atoms with Crippen LogP contribution in [0.4, 0.5) is 0 Å². The van der Waals surface area contributed by atoms with Gasteiger partial charge in [0.25, 0.3) is 0 Å². The summed E-state index contributed by atoms with van der Waals surface area (Å²) in [6.07, 6.45) is 3.97. The van der Waals surface area contributed by atoms with E-state index in [9.17, 15) is 4.57 Å². The van der Waals surface area contributed by atoms with Crippen LogP contribution >= 0.6 is 8.25 Å². The molecule has 0 aliphatic rings. The van der Waals surface area contributed by atoms with Crippen LogP contribution < -0.4 is 18.9 Å². The fourth-order valence-corrected chi connectivity index (χ4v) is 3.31. The number of allylic oxidation sites excluding steroid dienone is 2. The number of benzene rings is 2. The average Bonchev–Trinajstić information content (AvgIpc) is 2.80. The van der Waals surface area contributed by atoms with E-state index in [4.69, 9.17) is 28.0 Å². The maximum absolute atomic E-state index is 12.3. The predicted molar refractivity (Wildman–Crippen MR) is 133 cm³/mol. The minimum absolute atomic E-state index is 0.0839. The lowest BCUT2D eigenvalue weighted by Crippen LogP contribution is -1.98. The lowest BCUT2D eigenvalue weighted by molar-refractivity contribution is 0.212. The van der Waals surface area contributed by atoms with Crippen LogP contribution in [0.25, 0.3) is 0 Å². The average molecular weight is 490 g/mol. The third kappa shape index (κ3) is 10.4. The van der Waals surface area contributed by atoms with Crippen LogP contribution in [0.1, 0.15) is 38.8 Å². The molecule has 0 aromatic heterocycles. The van der Waals surface area contributed by atoms with Crippen molar-refractivity contribution in [2.24, 2.45) is 0 Å². The van der Waals surface area contributed by atoms with Crippen LogP contribution in [0.2, 0.25) is 0 Å². The summed E-state index contributed by atoms with van der Waals surface area (Å²) in [6.45, 7) is 9.11. The molecule has 8 heteroatoms. The number of hydrogen-bond acceptors (Lipinski definition) is 7. The lowest BCUT2D eigenvalue weighted by Gasteiger charge is -2.09. The van der Waals surface area contributed by atoms with Crippen molar-refractivity contribution < 1.29 is 32.6 Å². The van der Waals surface area contributed by atoms with Gasteiger partial charge in [-0.15, -0.1) is 9.05 Å². The largest absolute Gasteiger partial charge is 0.698 e. The highest BCUT2D eigenvalue weighted by molar-refractivity contribution is 7.33. The molecule has 0 bridgehead atoms. The summed E-state index contributed by atoms with van der Waals surface area (Å²) in [5.41, 5.74) is 3.86. The molecular formula is C26H34O7P+. The highest BCUT2D eigenvalue weighted by Gasteiger charge is 2.21. The van der Waals surface area contributed by atoms with Crippen molar-refractivity contribution >= 4 is 8.25 Å². The Hall–Kier alpha value is -2.86. The van der Waals surface area contributed by atoms with Crippen LogP contribution in [-0.4, -0.2) is 27.4 Å². The molecule has 0 saturated heterocycles. The standard InChI is InChI=1S/C26H34O7P/c1-19(2)7-9-30-25-13-21(11-23(15-25)28-5)17-32-34(27)33-18-22-12-24(29-6)16-26(14-22)31-10-8-20(3)4/h7-8,11-16H,9-10,17-18H2,1-6H3/q+1. The minimum atomic E-state index is -2.35. The van der Waals surface area contributed by atoms with E-state index in [0.717, 1.165) is 11.1 Å². The van der Waals surface area contributed by atoms with Crippen LogP contribution in [0, 0.1) is 0 Å². The predicted octanol–water partition coefficient (Wildman–Crippen LogP) is 6.78. The Labute approximate surface area is 203 Å². The fraction of sp³-hybridized carbons (Fsp3) is 0.385. The van der Waals surface area contributed by atoms with E-state index < -0.39 is 8.25 Å². The van der Waals surface area contributed by atoms with Gasteiger partial charge in [-0.3, -0.25) is 0 Å². The first-order valence-corrected chi connectivity index (χ1v) is 12.0. The maximum atomic E-state index is 12.3. The van der Waals surface area contributed by atoms with Gasteiger partial charge in [0.05, 0.1) is 14.2 Å². The van der Waals surface area contributed by atoms with E-state index in [1.165, 1.54) is 11.1 Å². The van der Waals surface area contributed by atoms with Crippen molar-refractivity contribution in [2.45, 2.75) is 40.9 Å². The Balaban J connectivity index is 1.94. The maximum Gasteiger partial charge on any atom is 0.698 e. The van der Waals surface area contributed by atoms with Crippen molar-refractivity contribution in [3.63, 3.8) is 0 Å². The van der Waals surface area contributed by atoms with Gasteiger partial charge in [-0.1, -0.05) is 11.1 Å². The SMILES string of the molecule is COc1cc(CO[P+](=O)OCc2cc(OC)cc(OCC=C(C)C)c2)cc(OCC=C(C)C)c1. The van der Waals surface area contributed by atoms with Gasteiger partial charge < -0.3 is 18.9 Å². The molecule has 0 spiro atoms. The van der Waals surface area contributed by atoms with Crippen molar-refractivity contribution in [3.05, 3.63) is 70.8 Å². The summed E-state index contributed by atoms with van der Waals surface area (Å²) in [5, 5.41) is 0. The van der Waals surface area contributed by atoms with Gasteiger partial charge in [-0.2, -0.15) is 0 Å². The van der Waals surface area contributed by atoms with Crippen molar-refractivity contribution in [2.75, 3.05) is 27.4 Å². The first-order valence-electron chi connectivity index (χ1n) is 10.9. The molecule has 7 nitrogen and oxygen atoms in total. The second-order valence-electron chi connectivity index (χ2n) is 7.99. The molecule has 0 heterocycles. The molecule has 0 amide bonds. The zero-order chi connectivity index (χ0) is 24.9. The Morgan fingerprint density at radius 2 is 1.06 bits per heavy atom. The summed E-state index contributed by atoms with van der Waals surface area (Å²) in [4.78, 5) is 0. The smallest absolute Gasteiger partial charge is 0.497 e. The zero-order valence-corrected chi connectivity index (χ0v) is 21.6. The molecular weight excluding hydrogens is 455 g/mol. The summed E-state index contributed by atoms with van der Waals surface area (Å²) < 4.78 is 45.3.